The lowest BCUT2D eigenvalue weighted by Gasteiger charge is -2.07. The number of aromatic nitrogens is 2. The second-order valence-electron chi connectivity index (χ2n) is 4.82. The highest BCUT2D eigenvalue weighted by Crippen LogP contribution is 2.33. The molecule has 2 nitrogen and oxygen atoms in total. The molecule has 0 amide bonds. The van der Waals surface area contributed by atoms with Crippen molar-refractivity contribution in [1.29, 1.82) is 0 Å². The van der Waals surface area contributed by atoms with Crippen molar-refractivity contribution in [3.63, 3.8) is 0 Å². The SMILES string of the molecule is c1cncc(-c2cc(-c3cccs3)nc(-c3cccs3)c2)c1. The standard InChI is InChI=1S/C18H12N2S2/c1-4-13(12-19-7-1)14-10-15(17-5-2-8-21-17)20-16(11-14)18-6-3-9-22-18/h1-12H. The van der Waals surface area contributed by atoms with E-state index in [1.807, 2.05) is 12.3 Å². The zero-order valence-electron chi connectivity index (χ0n) is 11.6. The lowest BCUT2D eigenvalue weighted by atomic mass is 10.1. The Kier molecular flexibility index (Phi) is 3.54. The monoisotopic (exact) mass is 320 g/mol. The van der Waals surface area contributed by atoms with E-state index < -0.39 is 0 Å². The van der Waals surface area contributed by atoms with E-state index in [2.05, 4.69) is 58.2 Å². The third-order valence-corrected chi connectivity index (χ3v) is 5.15. The molecule has 0 unspecified atom stereocenters. The Morgan fingerprint density at radius 2 is 1.41 bits per heavy atom. The van der Waals surface area contributed by atoms with Gasteiger partial charge >= 0.3 is 0 Å². The van der Waals surface area contributed by atoms with Gasteiger partial charge in [-0.3, -0.25) is 4.98 Å². The van der Waals surface area contributed by atoms with Gasteiger partial charge in [-0.25, -0.2) is 4.98 Å². The van der Waals surface area contributed by atoms with Crippen LogP contribution in [-0.4, -0.2) is 9.97 Å². The molecule has 0 saturated heterocycles. The molecular formula is C18H12N2S2. The molecule has 106 valence electrons. The fraction of sp³-hybridized carbons (Fsp3) is 0. The molecule has 22 heavy (non-hydrogen) atoms. The average Bonchev–Trinajstić information content (AvgIpc) is 3.29. The molecular weight excluding hydrogens is 308 g/mol. The fourth-order valence-electron chi connectivity index (χ4n) is 2.33. The van der Waals surface area contributed by atoms with Crippen LogP contribution in [0.3, 0.4) is 0 Å². The summed E-state index contributed by atoms with van der Waals surface area (Å²) in [5.41, 5.74) is 4.29. The topological polar surface area (TPSA) is 25.8 Å². The van der Waals surface area contributed by atoms with Crippen LogP contribution in [0.2, 0.25) is 0 Å². The Bertz CT molecular complexity index is 814. The quantitative estimate of drug-likeness (QED) is 0.491. The highest BCUT2D eigenvalue weighted by Gasteiger charge is 2.09. The highest BCUT2D eigenvalue weighted by molar-refractivity contribution is 7.13. The summed E-state index contributed by atoms with van der Waals surface area (Å²) in [6.07, 6.45) is 3.69. The van der Waals surface area contributed by atoms with Crippen LogP contribution in [0.1, 0.15) is 0 Å². The summed E-state index contributed by atoms with van der Waals surface area (Å²) in [5.74, 6) is 0. The van der Waals surface area contributed by atoms with Crippen molar-refractivity contribution in [3.05, 3.63) is 71.7 Å². The van der Waals surface area contributed by atoms with Gasteiger partial charge in [0.05, 0.1) is 21.1 Å². The molecule has 0 aliphatic heterocycles. The molecule has 0 aliphatic rings. The van der Waals surface area contributed by atoms with E-state index in [0.717, 1.165) is 22.5 Å². The Labute approximate surface area is 136 Å². The molecule has 4 aromatic heterocycles. The van der Waals surface area contributed by atoms with Crippen molar-refractivity contribution in [3.8, 4) is 32.3 Å². The Balaban J connectivity index is 1.91. The Hall–Kier alpha value is -2.30. The molecule has 4 heteroatoms. The Morgan fingerprint density at radius 1 is 0.727 bits per heavy atom. The number of nitrogens with zero attached hydrogens (tertiary/aromatic N) is 2. The number of hydrogen-bond donors (Lipinski definition) is 0. The maximum absolute atomic E-state index is 4.84. The summed E-state index contributed by atoms with van der Waals surface area (Å²) >= 11 is 3.42. The number of pyridine rings is 2. The highest BCUT2D eigenvalue weighted by atomic mass is 32.1. The first-order chi connectivity index (χ1) is 10.9. The fourth-order valence-corrected chi connectivity index (χ4v) is 3.70. The van der Waals surface area contributed by atoms with Crippen LogP contribution < -0.4 is 0 Å². The summed E-state index contributed by atoms with van der Waals surface area (Å²) in [6, 6.07) is 16.7. The van der Waals surface area contributed by atoms with Gasteiger partial charge in [0.2, 0.25) is 0 Å². The summed E-state index contributed by atoms with van der Waals surface area (Å²) in [5, 5.41) is 4.16. The first-order valence-corrected chi connectivity index (χ1v) is 8.66. The van der Waals surface area contributed by atoms with Gasteiger partial charge in [-0.1, -0.05) is 18.2 Å². The maximum Gasteiger partial charge on any atom is 0.0815 e. The zero-order chi connectivity index (χ0) is 14.8. The van der Waals surface area contributed by atoms with Crippen molar-refractivity contribution >= 4 is 22.7 Å². The molecule has 0 atom stereocenters. The molecule has 0 aromatic carbocycles. The van der Waals surface area contributed by atoms with Crippen LogP contribution in [0.5, 0.6) is 0 Å². The lowest BCUT2D eigenvalue weighted by Crippen LogP contribution is -1.88. The molecule has 4 rings (SSSR count). The van der Waals surface area contributed by atoms with E-state index in [0.29, 0.717) is 0 Å². The van der Waals surface area contributed by atoms with Gasteiger partial charge in [0.1, 0.15) is 0 Å². The van der Waals surface area contributed by atoms with Gasteiger partial charge in [-0.05, 0) is 46.7 Å². The number of rotatable bonds is 3. The molecule has 0 fully saturated rings. The number of hydrogen-bond acceptors (Lipinski definition) is 4. The van der Waals surface area contributed by atoms with Gasteiger partial charge < -0.3 is 0 Å². The first-order valence-electron chi connectivity index (χ1n) is 6.90. The third-order valence-electron chi connectivity index (χ3n) is 3.37. The third kappa shape index (κ3) is 2.58. The predicted octanol–water partition coefficient (Wildman–Crippen LogP) is 5.60. The molecule has 0 radical (unpaired) electrons. The maximum atomic E-state index is 4.84. The van der Waals surface area contributed by atoms with E-state index >= 15 is 0 Å². The van der Waals surface area contributed by atoms with Crippen LogP contribution in [0.25, 0.3) is 32.3 Å². The smallest absolute Gasteiger partial charge is 0.0815 e. The van der Waals surface area contributed by atoms with Gasteiger partial charge in [-0.15, -0.1) is 22.7 Å². The molecule has 0 spiro atoms. The zero-order valence-corrected chi connectivity index (χ0v) is 13.3. The molecule has 0 bridgehead atoms. The first kappa shape index (κ1) is 13.4. The van der Waals surface area contributed by atoms with Crippen LogP contribution in [-0.2, 0) is 0 Å². The molecule has 0 aliphatic carbocycles. The van der Waals surface area contributed by atoms with Crippen LogP contribution in [0, 0.1) is 0 Å². The predicted molar refractivity (Wildman–Crippen MR) is 94.1 cm³/mol. The molecule has 0 saturated carbocycles. The van der Waals surface area contributed by atoms with E-state index in [1.54, 1.807) is 28.9 Å². The minimum Gasteiger partial charge on any atom is -0.264 e. The minimum absolute atomic E-state index is 1.01. The van der Waals surface area contributed by atoms with Crippen molar-refractivity contribution in [2.24, 2.45) is 0 Å². The largest absolute Gasteiger partial charge is 0.264 e. The van der Waals surface area contributed by atoms with Crippen molar-refractivity contribution in [1.82, 2.24) is 9.97 Å². The van der Waals surface area contributed by atoms with E-state index in [4.69, 9.17) is 4.98 Å². The van der Waals surface area contributed by atoms with Gasteiger partial charge in [-0.2, -0.15) is 0 Å². The molecule has 4 aromatic rings. The summed E-state index contributed by atoms with van der Waals surface area (Å²) in [4.78, 5) is 11.4. The van der Waals surface area contributed by atoms with Gasteiger partial charge in [0.15, 0.2) is 0 Å². The second-order valence-corrected chi connectivity index (χ2v) is 6.72. The van der Waals surface area contributed by atoms with Crippen molar-refractivity contribution in [2.45, 2.75) is 0 Å². The summed E-state index contributed by atoms with van der Waals surface area (Å²) in [7, 11) is 0. The molecule has 4 heterocycles. The summed E-state index contributed by atoms with van der Waals surface area (Å²) < 4.78 is 0. The van der Waals surface area contributed by atoms with Crippen molar-refractivity contribution in [2.75, 3.05) is 0 Å². The van der Waals surface area contributed by atoms with Crippen LogP contribution in [0.4, 0.5) is 0 Å². The van der Waals surface area contributed by atoms with Crippen LogP contribution in [0.15, 0.2) is 71.7 Å². The normalized spacial score (nSPS) is 10.7. The van der Waals surface area contributed by atoms with Crippen molar-refractivity contribution < 1.29 is 0 Å². The second kappa shape index (κ2) is 5.83. The van der Waals surface area contributed by atoms with Gasteiger partial charge in [0.25, 0.3) is 0 Å². The minimum atomic E-state index is 1.01. The van der Waals surface area contributed by atoms with E-state index in [9.17, 15) is 0 Å². The Morgan fingerprint density at radius 3 is 1.91 bits per heavy atom. The van der Waals surface area contributed by atoms with E-state index in [1.165, 1.54) is 9.75 Å². The average molecular weight is 320 g/mol. The lowest BCUT2D eigenvalue weighted by molar-refractivity contribution is 1.31. The summed E-state index contributed by atoms with van der Waals surface area (Å²) in [6.45, 7) is 0. The number of thiophene rings is 2. The van der Waals surface area contributed by atoms with Gasteiger partial charge in [0, 0.05) is 18.0 Å². The molecule has 0 N–H and O–H groups in total. The van der Waals surface area contributed by atoms with E-state index in [-0.39, 0.29) is 0 Å². The van der Waals surface area contributed by atoms with Crippen LogP contribution >= 0.6 is 22.7 Å².